The summed E-state index contributed by atoms with van der Waals surface area (Å²) >= 11 is 0. The maximum absolute atomic E-state index is 13.1. The van der Waals surface area contributed by atoms with Gasteiger partial charge in [-0.3, -0.25) is 9.59 Å². The number of rotatable bonds is 2. The molecule has 2 aromatic carbocycles. The molecule has 1 heterocycles. The molecule has 0 bridgehead atoms. The molecule has 0 N–H and O–H groups in total. The number of benzene rings is 2. The standard InChI is InChI=1S/C21H18O4/c1-21(24-2)12-16(13-8-4-3-5-9-13)17-18(22)14-10-6-7-11-15(14)19(23)20(17)25-21/h3-11,16H,12H2,1-2H3/t16-,21+/m0/s1. The first kappa shape index (κ1) is 15.8. The zero-order chi connectivity index (χ0) is 17.6. The molecule has 4 rings (SSSR count). The molecule has 0 unspecified atom stereocenters. The number of fused-ring (bicyclic) bond motifs is 1. The van der Waals surface area contributed by atoms with Crippen LogP contribution in [-0.4, -0.2) is 24.5 Å². The molecule has 0 saturated heterocycles. The molecule has 0 amide bonds. The van der Waals surface area contributed by atoms with Gasteiger partial charge in [0.1, 0.15) is 0 Å². The third kappa shape index (κ3) is 2.41. The van der Waals surface area contributed by atoms with E-state index in [1.807, 2.05) is 30.3 Å². The summed E-state index contributed by atoms with van der Waals surface area (Å²) in [6.45, 7) is 1.80. The average molecular weight is 334 g/mol. The van der Waals surface area contributed by atoms with E-state index in [4.69, 9.17) is 9.47 Å². The van der Waals surface area contributed by atoms with Gasteiger partial charge >= 0.3 is 0 Å². The van der Waals surface area contributed by atoms with E-state index in [1.165, 1.54) is 0 Å². The number of hydrogen-bond donors (Lipinski definition) is 0. The van der Waals surface area contributed by atoms with Crippen molar-refractivity contribution >= 4 is 11.6 Å². The molecule has 0 fully saturated rings. The Bertz CT molecular complexity index is 897. The van der Waals surface area contributed by atoms with Crippen molar-refractivity contribution in [2.24, 2.45) is 0 Å². The smallest absolute Gasteiger partial charge is 0.228 e. The normalized spacial score (nSPS) is 25.3. The Morgan fingerprint density at radius 2 is 1.56 bits per heavy atom. The van der Waals surface area contributed by atoms with Crippen molar-refractivity contribution in [3.05, 3.63) is 82.6 Å². The summed E-state index contributed by atoms with van der Waals surface area (Å²) in [6.07, 6.45) is 0.466. The predicted octanol–water partition coefficient (Wildman–Crippen LogP) is 3.89. The minimum Gasteiger partial charge on any atom is -0.458 e. The van der Waals surface area contributed by atoms with Gasteiger partial charge < -0.3 is 9.47 Å². The molecule has 0 spiro atoms. The molecule has 1 aliphatic carbocycles. The molecule has 1 aliphatic heterocycles. The number of methoxy groups -OCH3 is 1. The summed E-state index contributed by atoms with van der Waals surface area (Å²) in [5.74, 6) is -1.49. The lowest BCUT2D eigenvalue weighted by molar-refractivity contribution is -0.196. The van der Waals surface area contributed by atoms with Gasteiger partial charge in [-0.15, -0.1) is 0 Å². The fraction of sp³-hybridized carbons (Fsp3) is 0.238. The van der Waals surface area contributed by atoms with Crippen molar-refractivity contribution in [2.75, 3.05) is 7.11 Å². The highest BCUT2D eigenvalue weighted by Gasteiger charge is 2.47. The SMILES string of the molecule is CO[C@@]1(C)C[C@@H](c2ccccc2)C2=C(O1)C(=O)c1ccccc1C2=O. The molecule has 0 saturated carbocycles. The van der Waals surface area contributed by atoms with Gasteiger partial charge in [-0.1, -0.05) is 54.6 Å². The van der Waals surface area contributed by atoms with Gasteiger partial charge in [-0.05, 0) is 5.56 Å². The molecular weight excluding hydrogens is 316 g/mol. The van der Waals surface area contributed by atoms with Gasteiger partial charge in [-0.2, -0.15) is 0 Å². The molecule has 2 atom stereocenters. The number of hydrogen-bond acceptors (Lipinski definition) is 4. The molecule has 0 radical (unpaired) electrons. The Morgan fingerprint density at radius 1 is 0.960 bits per heavy atom. The van der Waals surface area contributed by atoms with Gasteiger partial charge in [0, 0.05) is 37.5 Å². The summed E-state index contributed by atoms with van der Waals surface area (Å²) in [5.41, 5.74) is 2.24. The van der Waals surface area contributed by atoms with E-state index in [9.17, 15) is 9.59 Å². The number of carbonyl (C=O) groups is 2. The minimum absolute atomic E-state index is 0.119. The van der Waals surface area contributed by atoms with Crippen LogP contribution in [0.4, 0.5) is 0 Å². The lowest BCUT2D eigenvalue weighted by Crippen LogP contribution is -2.42. The number of allylic oxidation sites excluding steroid dienone is 2. The quantitative estimate of drug-likeness (QED) is 0.836. The van der Waals surface area contributed by atoms with E-state index in [2.05, 4.69) is 0 Å². The van der Waals surface area contributed by atoms with Crippen LogP contribution in [0.15, 0.2) is 65.9 Å². The highest BCUT2D eigenvalue weighted by molar-refractivity contribution is 6.26. The molecular formula is C21H18O4. The summed E-state index contributed by atoms with van der Waals surface area (Å²) in [7, 11) is 1.55. The first-order valence-corrected chi connectivity index (χ1v) is 8.26. The van der Waals surface area contributed by atoms with Crippen molar-refractivity contribution in [3.63, 3.8) is 0 Å². The molecule has 0 aromatic heterocycles. The lowest BCUT2D eigenvalue weighted by Gasteiger charge is -2.40. The largest absolute Gasteiger partial charge is 0.458 e. The van der Waals surface area contributed by atoms with Crippen molar-refractivity contribution in [3.8, 4) is 0 Å². The topological polar surface area (TPSA) is 52.6 Å². The van der Waals surface area contributed by atoms with E-state index in [0.29, 0.717) is 23.1 Å². The lowest BCUT2D eigenvalue weighted by atomic mass is 9.75. The zero-order valence-corrected chi connectivity index (χ0v) is 14.1. The van der Waals surface area contributed by atoms with Crippen molar-refractivity contribution < 1.29 is 19.1 Å². The first-order chi connectivity index (χ1) is 12.0. The van der Waals surface area contributed by atoms with E-state index in [0.717, 1.165) is 5.56 Å². The number of ketones is 2. The summed E-state index contributed by atoms with van der Waals surface area (Å²) in [6, 6.07) is 16.6. The second kappa shape index (κ2) is 5.67. The van der Waals surface area contributed by atoms with E-state index in [1.54, 1.807) is 38.3 Å². The number of carbonyl (C=O) groups excluding carboxylic acids is 2. The van der Waals surface area contributed by atoms with Crippen molar-refractivity contribution in [1.29, 1.82) is 0 Å². The maximum Gasteiger partial charge on any atom is 0.228 e. The van der Waals surface area contributed by atoms with E-state index in [-0.39, 0.29) is 23.2 Å². The van der Waals surface area contributed by atoms with Crippen LogP contribution in [0, 0.1) is 0 Å². The van der Waals surface area contributed by atoms with Crippen LogP contribution in [0.25, 0.3) is 0 Å². The second-order valence-electron chi connectivity index (χ2n) is 6.55. The summed E-state index contributed by atoms with van der Waals surface area (Å²) < 4.78 is 11.4. The Morgan fingerprint density at radius 3 is 2.20 bits per heavy atom. The van der Waals surface area contributed by atoms with Crippen LogP contribution >= 0.6 is 0 Å². The third-order valence-electron chi connectivity index (χ3n) is 4.99. The van der Waals surface area contributed by atoms with Crippen molar-refractivity contribution in [1.82, 2.24) is 0 Å². The highest BCUT2D eigenvalue weighted by Crippen LogP contribution is 2.46. The molecule has 25 heavy (non-hydrogen) atoms. The van der Waals surface area contributed by atoms with Crippen LogP contribution in [0.2, 0.25) is 0 Å². The minimum atomic E-state index is -0.957. The van der Waals surface area contributed by atoms with Crippen LogP contribution in [0.3, 0.4) is 0 Å². The number of Topliss-reactive ketones (excluding diaryl/α,β-unsaturated/α-hetero) is 2. The first-order valence-electron chi connectivity index (χ1n) is 8.26. The van der Waals surface area contributed by atoms with Crippen LogP contribution in [0.1, 0.15) is 45.5 Å². The fourth-order valence-corrected chi connectivity index (χ4v) is 3.62. The fourth-order valence-electron chi connectivity index (χ4n) is 3.62. The Hall–Kier alpha value is -2.72. The van der Waals surface area contributed by atoms with Gasteiger partial charge in [0.05, 0.1) is 5.57 Å². The van der Waals surface area contributed by atoms with Crippen LogP contribution in [0.5, 0.6) is 0 Å². The Labute approximate surface area is 146 Å². The molecule has 2 aliphatic rings. The second-order valence-corrected chi connectivity index (χ2v) is 6.55. The van der Waals surface area contributed by atoms with Gasteiger partial charge in [0.2, 0.25) is 11.6 Å². The van der Waals surface area contributed by atoms with Crippen molar-refractivity contribution in [2.45, 2.75) is 25.0 Å². The molecule has 126 valence electrons. The monoisotopic (exact) mass is 334 g/mol. The van der Waals surface area contributed by atoms with Gasteiger partial charge in [0.25, 0.3) is 0 Å². The maximum atomic E-state index is 13.1. The average Bonchev–Trinajstić information content (AvgIpc) is 2.66. The summed E-state index contributed by atoms with van der Waals surface area (Å²) in [4.78, 5) is 26.1. The zero-order valence-electron chi connectivity index (χ0n) is 14.1. The van der Waals surface area contributed by atoms with Crippen LogP contribution < -0.4 is 0 Å². The van der Waals surface area contributed by atoms with E-state index < -0.39 is 5.79 Å². The molecule has 2 aromatic rings. The molecule has 4 heteroatoms. The van der Waals surface area contributed by atoms with Gasteiger partial charge in [0.15, 0.2) is 11.5 Å². The number of ether oxygens (including phenoxy) is 2. The van der Waals surface area contributed by atoms with Crippen LogP contribution in [-0.2, 0) is 9.47 Å². The predicted molar refractivity (Wildman–Crippen MR) is 92.4 cm³/mol. The highest BCUT2D eigenvalue weighted by atomic mass is 16.7. The molecule has 4 nitrogen and oxygen atoms in total. The third-order valence-corrected chi connectivity index (χ3v) is 4.99. The van der Waals surface area contributed by atoms with Gasteiger partial charge in [-0.25, -0.2) is 0 Å². The Balaban J connectivity index is 1.93. The summed E-state index contributed by atoms with van der Waals surface area (Å²) in [5, 5.41) is 0. The van der Waals surface area contributed by atoms with E-state index >= 15 is 0 Å². The Kier molecular flexibility index (Phi) is 3.58.